The Labute approximate surface area is 81.8 Å². The van der Waals surface area contributed by atoms with Gasteiger partial charge in [-0.1, -0.05) is 0 Å². The highest BCUT2D eigenvalue weighted by Crippen LogP contribution is 2.35. The first-order chi connectivity index (χ1) is 6.49. The zero-order valence-electron chi connectivity index (χ0n) is 8.29. The lowest BCUT2D eigenvalue weighted by Crippen LogP contribution is -2.01. The van der Waals surface area contributed by atoms with Gasteiger partial charge < -0.3 is 14.9 Å². The molecule has 0 saturated carbocycles. The molecule has 0 unspecified atom stereocenters. The molecular formula is C10H12O4. The summed E-state index contributed by atoms with van der Waals surface area (Å²) in [6, 6.07) is 1.43. The van der Waals surface area contributed by atoms with Crippen molar-refractivity contribution in [1.82, 2.24) is 0 Å². The summed E-state index contributed by atoms with van der Waals surface area (Å²) in [5.74, 6) is -1.26. The van der Waals surface area contributed by atoms with Gasteiger partial charge in [0.15, 0.2) is 11.5 Å². The molecule has 0 aliphatic carbocycles. The van der Waals surface area contributed by atoms with Gasteiger partial charge in [0, 0.05) is 0 Å². The predicted molar refractivity (Wildman–Crippen MR) is 51.1 cm³/mol. The summed E-state index contributed by atoms with van der Waals surface area (Å²) in [6.45, 7) is 3.53. The third-order valence-electron chi connectivity index (χ3n) is 2.20. The van der Waals surface area contributed by atoms with Crippen LogP contribution in [0.25, 0.3) is 0 Å². The zero-order chi connectivity index (χ0) is 10.9. The number of aromatic hydroxyl groups is 1. The number of rotatable bonds is 2. The van der Waals surface area contributed by atoms with Gasteiger partial charge in [-0.15, -0.1) is 0 Å². The van der Waals surface area contributed by atoms with Crippen molar-refractivity contribution in [3.63, 3.8) is 0 Å². The Bertz CT molecular complexity index is 382. The molecule has 0 fully saturated rings. The second kappa shape index (κ2) is 3.57. The van der Waals surface area contributed by atoms with Crippen molar-refractivity contribution in [2.45, 2.75) is 13.8 Å². The van der Waals surface area contributed by atoms with Crippen LogP contribution in [-0.4, -0.2) is 23.3 Å². The Morgan fingerprint density at radius 3 is 2.43 bits per heavy atom. The Hall–Kier alpha value is -1.71. The number of aryl methyl sites for hydroxylation is 1. The van der Waals surface area contributed by atoms with Crippen molar-refractivity contribution in [2.24, 2.45) is 0 Å². The van der Waals surface area contributed by atoms with Crippen molar-refractivity contribution in [3.05, 3.63) is 22.8 Å². The third-order valence-corrected chi connectivity index (χ3v) is 2.20. The van der Waals surface area contributed by atoms with Crippen molar-refractivity contribution in [2.75, 3.05) is 7.11 Å². The summed E-state index contributed by atoms with van der Waals surface area (Å²) in [5.41, 5.74) is 1.39. The fraction of sp³-hybridized carbons (Fsp3) is 0.300. The minimum absolute atomic E-state index is 0.134. The van der Waals surface area contributed by atoms with Gasteiger partial charge in [0.1, 0.15) is 5.56 Å². The first-order valence-corrected chi connectivity index (χ1v) is 4.09. The molecule has 0 aromatic heterocycles. The van der Waals surface area contributed by atoms with Gasteiger partial charge in [-0.05, 0) is 31.0 Å². The third kappa shape index (κ3) is 1.51. The highest BCUT2D eigenvalue weighted by Gasteiger charge is 2.17. The molecule has 0 radical (unpaired) electrons. The molecule has 1 aromatic carbocycles. The molecule has 0 amide bonds. The van der Waals surface area contributed by atoms with E-state index in [2.05, 4.69) is 0 Å². The molecule has 0 atom stereocenters. The molecule has 4 nitrogen and oxygen atoms in total. The molecule has 1 rings (SSSR count). The molecular weight excluding hydrogens is 184 g/mol. The van der Waals surface area contributed by atoms with E-state index in [1.807, 2.05) is 0 Å². The quantitative estimate of drug-likeness (QED) is 0.755. The lowest BCUT2D eigenvalue weighted by atomic mass is 10.0. The van der Waals surface area contributed by atoms with Crippen molar-refractivity contribution >= 4 is 5.97 Å². The maximum atomic E-state index is 10.7. The molecule has 0 bridgehead atoms. The molecule has 0 aliphatic heterocycles. The van der Waals surface area contributed by atoms with E-state index >= 15 is 0 Å². The normalized spacial score (nSPS) is 9.93. The molecule has 4 heteroatoms. The number of hydrogen-bond donors (Lipinski definition) is 2. The molecule has 14 heavy (non-hydrogen) atoms. The van der Waals surface area contributed by atoms with Crippen LogP contribution in [0.3, 0.4) is 0 Å². The molecule has 0 heterocycles. The van der Waals surface area contributed by atoms with E-state index < -0.39 is 5.97 Å². The topological polar surface area (TPSA) is 66.8 Å². The van der Waals surface area contributed by atoms with E-state index in [9.17, 15) is 9.90 Å². The largest absolute Gasteiger partial charge is 0.504 e. The average molecular weight is 196 g/mol. The van der Waals surface area contributed by atoms with Crippen LogP contribution in [0.5, 0.6) is 11.5 Å². The number of aromatic carboxylic acids is 1. The van der Waals surface area contributed by atoms with E-state index in [1.165, 1.54) is 13.2 Å². The Balaban J connectivity index is 3.50. The minimum Gasteiger partial charge on any atom is -0.504 e. The van der Waals surface area contributed by atoms with Crippen molar-refractivity contribution in [1.29, 1.82) is 0 Å². The molecule has 0 saturated heterocycles. The van der Waals surface area contributed by atoms with Crippen LogP contribution in [0.4, 0.5) is 0 Å². The summed E-state index contributed by atoms with van der Waals surface area (Å²) in [5, 5.41) is 18.3. The van der Waals surface area contributed by atoms with Crippen LogP contribution >= 0.6 is 0 Å². The van der Waals surface area contributed by atoms with Gasteiger partial charge in [0.25, 0.3) is 0 Å². The average Bonchev–Trinajstić information content (AvgIpc) is 2.12. The van der Waals surface area contributed by atoms with Crippen LogP contribution in [0.1, 0.15) is 21.5 Å². The summed E-state index contributed by atoms with van der Waals surface area (Å²) in [6.07, 6.45) is 0. The van der Waals surface area contributed by atoms with Gasteiger partial charge in [-0.3, -0.25) is 0 Å². The second-order valence-electron chi connectivity index (χ2n) is 3.05. The number of benzene rings is 1. The molecule has 1 aromatic rings. The van der Waals surface area contributed by atoms with Crippen LogP contribution in [0, 0.1) is 13.8 Å². The van der Waals surface area contributed by atoms with Crippen LogP contribution in [0.15, 0.2) is 6.07 Å². The van der Waals surface area contributed by atoms with Crippen LogP contribution in [0.2, 0.25) is 0 Å². The SMILES string of the molecule is COc1c(C)c(C)cc(C(=O)O)c1O. The van der Waals surface area contributed by atoms with Crippen LogP contribution < -0.4 is 4.74 Å². The lowest BCUT2D eigenvalue weighted by molar-refractivity contribution is 0.0693. The Morgan fingerprint density at radius 2 is 2.00 bits per heavy atom. The molecule has 76 valence electrons. The smallest absolute Gasteiger partial charge is 0.339 e. The number of carbonyl (C=O) groups is 1. The number of phenols is 1. The number of ether oxygens (including phenoxy) is 1. The maximum Gasteiger partial charge on any atom is 0.339 e. The maximum absolute atomic E-state index is 10.7. The summed E-state index contributed by atoms with van der Waals surface area (Å²) in [4.78, 5) is 10.7. The molecule has 0 spiro atoms. The fourth-order valence-corrected chi connectivity index (χ4v) is 1.28. The van der Waals surface area contributed by atoms with Crippen LogP contribution in [-0.2, 0) is 0 Å². The number of carboxylic acid groups (broad SMARTS) is 1. The summed E-state index contributed by atoms with van der Waals surface area (Å²) < 4.78 is 4.93. The number of methoxy groups -OCH3 is 1. The predicted octanol–water partition coefficient (Wildman–Crippen LogP) is 1.72. The van der Waals surface area contributed by atoms with Gasteiger partial charge in [-0.2, -0.15) is 0 Å². The summed E-state index contributed by atoms with van der Waals surface area (Å²) in [7, 11) is 1.40. The van der Waals surface area contributed by atoms with E-state index in [4.69, 9.17) is 9.84 Å². The number of hydrogen-bond acceptors (Lipinski definition) is 3. The minimum atomic E-state index is -1.16. The molecule has 2 N–H and O–H groups in total. The van der Waals surface area contributed by atoms with E-state index in [1.54, 1.807) is 13.8 Å². The lowest BCUT2D eigenvalue weighted by Gasteiger charge is -2.11. The first-order valence-electron chi connectivity index (χ1n) is 4.09. The van der Waals surface area contributed by atoms with Gasteiger partial charge in [0.2, 0.25) is 0 Å². The van der Waals surface area contributed by atoms with Crippen molar-refractivity contribution < 1.29 is 19.7 Å². The number of carboxylic acids is 1. The standard InChI is InChI=1S/C10H12O4/c1-5-4-7(10(12)13)8(11)9(14-3)6(5)2/h4,11H,1-3H3,(H,12,13). The fourth-order valence-electron chi connectivity index (χ4n) is 1.28. The van der Waals surface area contributed by atoms with Crippen molar-refractivity contribution in [3.8, 4) is 11.5 Å². The zero-order valence-corrected chi connectivity index (χ0v) is 8.29. The van der Waals surface area contributed by atoms with E-state index in [0.717, 1.165) is 11.1 Å². The van der Waals surface area contributed by atoms with Gasteiger partial charge >= 0.3 is 5.97 Å². The van der Waals surface area contributed by atoms with Gasteiger partial charge in [-0.25, -0.2) is 4.79 Å². The van der Waals surface area contributed by atoms with Gasteiger partial charge in [0.05, 0.1) is 7.11 Å². The first kappa shape index (κ1) is 10.4. The Kier molecular flexibility index (Phi) is 2.65. The molecule has 0 aliphatic rings. The summed E-state index contributed by atoms with van der Waals surface area (Å²) >= 11 is 0. The monoisotopic (exact) mass is 196 g/mol. The second-order valence-corrected chi connectivity index (χ2v) is 3.05. The highest BCUT2D eigenvalue weighted by molar-refractivity contribution is 5.92. The van der Waals surface area contributed by atoms with E-state index in [-0.39, 0.29) is 17.1 Å². The highest BCUT2D eigenvalue weighted by atomic mass is 16.5. The Morgan fingerprint density at radius 1 is 1.43 bits per heavy atom. The van der Waals surface area contributed by atoms with E-state index in [0.29, 0.717) is 0 Å².